The Kier molecular flexibility index (Phi) is 3.76. The summed E-state index contributed by atoms with van der Waals surface area (Å²) in [6, 6.07) is 1.78. The molecule has 0 saturated carbocycles. The van der Waals surface area contributed by atoms with Crippen molar-refractivity contribution in [2.75, 3.05) is 19.0 Å². The summed E-state index contributed by atoms with van der Waals surface area (Å²) in [5, 5.41) is 11.1. The zero-order valence-electron chi connectivity index (χ0n) is 11.4. The summed E-state index contributed by atoms with van der Waals surface area (Å²) in [5.41, 5.74) is 0.0378. The third-order valence-corrected chi connectivity index (χ3v) is 5.33. The first-order valence-electron chi connectivity index (χ1n) is 6.44. The van der Waals surface area contributed by atoms with E-state index in [9.17, 15) is 9.59 Å². The summed E-state index contributed by atoms with van der Waals surface area (Å²) < 4.78 is 7.65. The van der Waals surface area contributed by atoms with E-state index in [0.717, 1.165) is 11.8 Å². The van der Waals surface area contributed by atoms with Crippen LogP contribution in [0, 0.1) is 0 Å². The number of carbonyl (C=O) groups is 1. The number of nitrogens with zero attached hydrogens (tertiary/aromatic N) is 2. The topological polar surface area (TPSA) is 81.4 Å². The number of rotatable bonds is 4. The van der Waals surface area contributed by atoms with Crippen molar-refractivity contribution in [2.24, 2.45) is 0 Å². The molecule has 1 aliphatic rings. The molecule has 0 bridgehead atoms. The minimum absolute atomic E-state index is 0.115. The number of hydrogen-bond donors (Lipinski definition) is 1. The number of aliphatic carboxylic acids is 1. The van der Waals surface area contributed by atoms with Crippen LogP contribution in [0.5, 0.6) is 0 Å². The van der Waals surface area contributed by atoms with Gasteiger partial charge in [-0.3, -0.25) is 14.2 Å². The lowest BCUT2D eigenvalue weighted by molar-refractivity contribution is -0.133. The average Bonchev–Trinajstić information content (AvgIpc) is 3.05. The fourth-order valence-corrected chi connectivity index (χ4v) is 4.03. The summed E-state index contributed by atoms with van der Waals surface area (Å²) >= 11 is 2.43. The van der Waals surface area contributed by atoms with Gasteiger partial charge in [0.1, 0.15) is 4.70 Å². The second kappa shape index (κ2) is 5.43. The Morgan fingerprint density at radius 1 is 1.67 bits per heavy atom. The van der Waals surface area contributed by atoms with Gasteiger partial charge in [-0.15, -0.1) is 11.3 Å². The second-order valence-corrected chi connectivity index (χ2v) is 7.01. The molecule has 1 saturated heterocycles. The van der Waals surface area contributed by atoms with Gasteiger partial charge in [-0.05, 0) is 24.8 Å². The molecule has 0 amide bonds. The molecule has 21 heavy (non-hydrogen) atoms. The predicted molar refractivity (Wildman–Crippen MR) is 81.3 cm³/mol. The van der Waals surface area contributed by atoms with Gasteiger partial charge in [-0.2, -0.15) is 0 Å². The molecule has 2 aromatic rings. The van der Waals surface area contributed by atoms with Crippen LogP contribution in [0.15, 0.2) is 21.4 Å². The van der Waals surface area contributed by atoms with Crippen LogP contribution in [-0.2, 0) is 15.1 Å². The van der Waals surface area contributed by atoms with E-state index in [1.807, 2.05) is 12.3 Å². The Balaban J connectivity index is 2.18. The monoisotopic (exact) mass is 326 g/mol. The van der Waals surface area contributed by atoms with Gasteiger partial charge >= 0.3 is 5.97 Å². The molecule has 0 spiro atoms. The maximum absolute atomic E-state index is 12.8. The Bertz CT molecular complexity index is 746. The Morgan fingerprint density at radius 3 is 3.14 bits per heavy atom. The van der Waals surface area contributed by atoms with E-state index in [0.29, 0.717) is 35.0 Å². The van der Waals surface area contributed by atoms with Crippen LogP contribution in [0.3, 0.4) is 0 Å². The number of hydrogen-bond acceptors (Lipinski definition) is 6. The maximum atomic E-state index is 12.8. The third kappa shape index (κ3) is 2.58. The van der Waals surface area contributed by atoms with E-state index in [-0.39, 0.29) is 11.3 Å². The lowest BCUT2D eigenvalue weighted by atomic mass is 10.0. The lowest BCUT2D eigenvalue weighted by Crippen LogP contribution is -2.40. The fourth-order valence-electron chi connectivity index (χ4n) is 2.42. The van der Waals surface area contributed by atoms with Crippen molar-refractivity contribution in [3.8, 4) is 0 Å². The smallest absolute Gasteiger partial charge is 0.313 e. The van der Waals surface area contributed by atoms with Crippen LogP contribution in [0.2, 0.25) is 0 Å². The highest BCUT2D eigenvalue weighted by molar-refractivity contribution is 7.99. The number of carboxylic acid groups (broad SMARTS) is 1. The molecule has 0 radical (unpaired) electrons. The summed E-state index contributed by atoms with van der Waals surface area (Å²) in [4.78, 5) is 28.1. The van der Waals surface area contributed by atoms with Gasteiger partial charge in [0.2, 0.25) is 0 Å². The number of thiophene rings is 1. The first kappa shape index (κ1) is 14.6. The molecule has 1 atom stereocenters. The van der Waals surface area contributed by atoms with Crippen molar-refractivity contribution < 1.29 is 14.6 Å². The van der Waals surface area contributed by atoms with Gasteiger partial charge in [0.05, 0.1) is 23.4 Å². The molecule has 1 unspecified atom stereocenters. The molecule has 0 aliphatic carbocycles. The normalized spacial score (nSPS) is 22.0. The van der Waals surface area contributed by atoms with Gasteiger partial charge < -0.3 is 9.84 Å². The highest BCUT2D eigenvalue weighted by Gasteiger charge is 2.35. The number of thioether (sulfide) groups is 1. The minimum Gasteiger partial charge on any atom is -0.481 e. The number of aromatic nitrogens is 2. The van der Waals surface area contributed by atoms with Crippen LogP contribution in [0.1, 0.15) is 13.3 Å². The van der Waals surface area contributed by atoms with Crippen molar-refractivity contribution in [1.82, 2.24) is 9.55 Å². The molecule has 0 aromatic carbocycles. The van der Waals surface area contributed by atoms with E-state index >= 15 is 0 Å². The summed E-state index contributed by atoms with van der Waals surface area (Å²) in [6.07, 6.45) is 0.714. The van der Waals surface area contributed by atoms with Crippen molar-refractivity contribution in [1.29, 1.82) is 0 Å². The summed E-state index contributed by atoms with van der Waals surface area (Å²) in [7, 11) is 0. The van der Waals surface area contributed by atoms with Crippen LogP contribution in [0.4, 0.5) is 0 Å². The van der Waals surface area contributed by atoms with E-state index in [2.05, 4.69) is 4.98 Å². The van der Waals surface area contributed by atoms with Gasteiger partial charge in [0.25, 0.3) is 5.56 Å². The SMILES string of the molecule is CC1(n2c(SCC(=O)O)nc3ccsc3c2=O)CCOC1. The first-order chi connectivity index (χ1) is 10.0. The van der Waals surface area contributed by atoms with E-state index in [4.69, 9.17) is 9.84 Å². The number of ether oxygens (including phenoxy) is 1. The lowest BCUT2D eigenvalue weighted by Gasteiger charge is -2.27. The molecular weight excluding hydrogens is 312 g/mol. The van der Waals surface area contributed by atoms with Crippen molar-refractivity contribution in [3.63, 3.8) is 0 Å². The second-order valence-electron chi connectivity index (χ2n) is 5.15. The molecule has 1 aliphatic heterocycles. The van der Waals surface area contributed by atoms with Crippen molar-refractivity contribution in [2.45, 2.75) is 24.0 Å². The molecule has 2 aromatic heterocycles. The largest absolute Gasteiger partial charge is 0.481 e. The van der Waals surface area contributed by atoms with Crippen LogP contribution in [0.25, 0.3) is 10.2 Å². The molecule has 112 valence electrons. The van der Waals surface area contributed by atoms with E-state index < -0.39 is 11.5 Å². The Labute approximate surface area is 128 Å². The Morgan fingerprint density at radius 2 is 2.48 bits per heavy atom. The van der Waals surface area contributed by atoms with Crippen LogP contribution >= 0.6 is 23.1 Å². The third-order valence-electron chi connectivity index (χ3n) is 3.51. The van der Waals surface area contributed by atoms with Gasteiger partial charge in [0.15, 0.2) is 5.16 Å². The van der Waals surface area contributed by atoms with Gasteiger partial charge in [-0.1, -0.05) is 11.8 Å². The van der Waals surface area contributed by atoms with Crippen molar-refractivity contribution in [3.05, 3.63) is 21.8 Å². The van der Waals surface area contributed by atoms with Crippen LogP contribution in [-0.4, -0.2) is 39.6 Å². The first-order valence-corrected chi connectivity index (χ1v) is 8.31. The molecule has 3 heterocycles. The zero-order valence-corrected chi connectivity index (χ0v) is 13.0. The number of carboxylic acids is 1. The van der Waals surface area contributed by atoms with Crippen LogP contribution < -0.4 is 5.56 Å². The highest BCUT2D eigenvalue weighted by Crippen LogP contribution is 2.31. The van der Waals surface area contributed by atoms with Crippen molar-refractivity contribution >= 4 is 39.3 Å². The summed E-state index contributed by atoms with van der Waals surface area (Å²) in [6.45, 7) is 2.98. The molecule has 3 rings (SSSR count). The standard InChI is InChI=1S/C13H14N2O4S2/c1-13(3-4-19-7-13)15-11(18)10-8(2-5-20-10)14-12(15)21-6-9(16)17/h2,5H,3-4,6-7H2,1H3,(H,16,17). The maximum Gasteiger partial charge on any atom is 0.313 e. The van der Waals surface area contributed by atoms with Gasteiger partial charge in [-0.25, -0.2) is 4.98 Å². The molecule has 8 heteroatoms. The average molecular weight is 326 g/mol. The number of fused-ring (bicyclic) bond motifs is 1. The zero-order chi connectivity index (χ0) is 15.0. The quantitative estimate of drug-likeness (QED) is 0.681. The summed E-state index contributed by atoms with van der Waals surface area (Å²) in [5.74, 6) is -1.06. The Hall–Kier alpha value is -1.38. The molecule has 1 N–H and O–H groups in total. The molecule has 1 fully saturated rings. The van der Waals surface area contributed by atoms with E-state index in [1.165, 1.54) is 11.3 Å². The fraction of sp³-hybridized carbons (Fsp3) is 0.462. The minimum atomic E-state index is -0.931. The molecular formula is C13H14N2O4S2. The highest BCUT2D eigenvalue weighted by atomic mass is 32.2. The van der Waals surface area contributed by atoms with Gasteiger partial charge in [0, 0.05) is 6.61 Å². The van der Waals surface area contributed by atoms with E-state index in [1.54, 1.807) is 10.6 Å². The predicted octanol–water partition coefficient (Wildman–Crippen LogP) is 1.77. The molecule has 6 nitrogen and oxygen atoms in total.